The summed E-state index contributed by atoms with van der Waals surface area (Å²) in [5, 5.41) is 18.0. The molecule has 3 N–H and O–H groups in total. The van der Waals surface area contributed by atoms with Gasteiger partial charge in [0.15, 0.2) is 5.78 Å². The number of piperidine rings is 1. The topological polar surface area (TPSA) is 104 Å². The lowest BCUT2D eigenvalue weighted by Crippen LogP contribution is -2.60. The van der Waals surface area contributed by atoms with Gasteiger partial charge in [0, 0.05) is 37.3 Å². The van der Waals surface area contributed by atoms with Crippen molar-refractivity contribution < 1.29 is 19.5 Å². The van der Waals surface area contributed by atoms with Gasteiger partial charge in [-0.25, -0.2) is 5.06 Å². The van der Waals surface area contributed by atoms with Crippen LogP contribution < -0.4 is 15.4 Å². The molecular formula is C29H32N4O4. The Hall–Kier alpha value is -3.59. The van der Waals surface area contributed by atoms with Crippen molar-refractivity contribution in [1.82, 2.24) is 20.7 Å². The summed E-state index contributed by atoms with van der Waals surface area (Å²) in [6, 6.07) is 18.5. The number of aromatic nitrogens is 1. The summed E-state index contributed by atoms with van der Waals surface area (Å²) in [4.78, 5) is 31.3. The quantitative estimate of drug-likeness (QED) is 0.353. The highest BCUT2D eigenvalue weighted by molar-refractivity contribution is 5.96. The van der Waals surface area contributed by atoms with Crippen LogP contribution in [0.5, 0.6) is 5.75 Å². The highest BCUT2D eigenvalue weighted by atomic mass is 16.5. The van der Waals surface area contributed by atoms with Gasteiger partial charge < -0.3 is 15.4 Å². The lowest BCUT2D eigenvalue weighted by atomic mass is 9.81. The zero-order valence-electron chi connectivity index (χ0n) is 21.1. The Kier molecular flexibility index (Phi) is 7.32. The number of ketones is 1. The van der Waals surface area contributed by atoms with Gasteiger partial charge in [-0.3, -0.25) is 19.8 Å². The van der Waals surface area contributed by atoms with Crippen LogP contribution in [0.3, 0.4) is 0 Å². The molecule has 1 saturated heterocycles. The Morgan fingerprint density at radius 2 is 1.84 bits per heavy atom. The van der Waals surface area contributed by atoms with Gasteiger partial charge in [0.05, 0.1) is 23.5 Å². The van der Waals surface area contributed by atoms with Crippen molar-refractivity contribution in [2.45, 2.75) is 38.0 Å². The van der Waals surface area contributed by atoms with E-state index in [-0.39, 0.29) is 11.9 Å². The number of fused-ring (bicyclic) bond motifs is 1. The average molecular weight is 501 g/mol. The lowest BCUT2D eigenvalue weighted by molar-refractivity contribution is -0.168. The molecule has 0 radical (unpaired) electrons. The molecule has 8 nitrogen and oxygen atoms in total. The van der Waals surface area contributed by atoms with Crippen molar-refractivity contribution in [2.24, 2.45) is 5.92 Å². The number of carbonyl (C=O) groups is 2. The number of amides is 1. The summed E-state index contributed by atoms with van der Waals surface area (Å²) in [6.45, 7) is 2.89. The zero-order valence-corrected chi connectivity index (χ0v) is 21.1. The number of ether oxygens (including phenoxy) is 1. The van der Waals surface area contributed by atoms with Crippen molar-refractivity contribution in [3.8, 4) is 5.75 Å². The van der Waals surface area contributed by atoms with Crippen LogP contribution in [0, 0.1) is 12.8 Å². The maximum absolute atomic E-state index is 13.7. The fourth-order valence-electron chi connectivity index (χ4n) is 5.33. The Balaban J connectivity index is 1.34. The van der Waals surface area contributed by atoms with Gasteiger partial charge in [-0.1, -0.05) is 48.5 Å². The van der Waals surface area contributed by atoms with Gasteiger partial charge in [0.25, 0.3) is 5.91 Å². The van der Waals surface area contributed by atoms with Crippen LogP contribution >= 0.6 is 0 Å². The van der Waals surface area contributed by atoms with Crippen LogP contribution in [-0.4, -0.2) is 65.3 Å². The predicted octanol–water partition coefficient (Wildman–Crippen LogP) is 3.13. The third-order valence-corrected chi connectivity index (χ3v) is 7.15. The Labute approximate surface area is 216 Å². The molecule has 0 saturated carbocycles. The number of hydroxylamine groups is 2. The molecule has 1 fully saturated rings. The zero-order chi connectivity index (χ0) is 25.9. The first-order valence-corrected chi connectivity index (χ1v) is 12.6. The van der Waals surface area contributed by atoms with E-state index >= 15 is 0 Å². The molecule has 192 valence electrons. The van der Waals surface area contributed by atoms with Gasteiger partial charge in [-0.05, 0) is 43.0 Å². The van der Waals surface area contributed by atoms with Gasteiger partial charge in [-0.15, -0.1) is 0 Å². The Morgan fingerprint density at radius 1 is 1.08 bits per heavy atom. The van der Waals surface area contributed by atoms with Crippen LogP contribution in [0.4, 0.5) is 0 Å². The van der Waals surface area contributed by atoms with Crippen LogP contribution in [0.2, 0.25) is 0 Å². The molecule has 0 aliphatic carbocycles. The number of rotatable bonds is 6. The second-order valence-corrected chi connectivity index (χ2v) is 9.77. The van der Waals surface area contributed by atoms with Crippen molar-refractivity contribution in [3.05, 3.63) is 78.0 Å². The summed E-state index contributed by atoms with van der Waals surface area (Å²) in [5.74, 6) is -0.659. The van der Waals surface area contributed by atoms with E-state index in [9.17, 15) is 14.8 Å². The molecule has 1 amide bonds. The van der Waals surface area contributed by atoms with E-state index in [0.717, 1.165) is 27.7 Å². The molecule has 1 aromatic heterocycles. The van der Waals surface area contributed by atoms with Crippen LogP contribution in [0.1, 0.15) is 24.1 Å². The second-order valence-electron chi connectivity index (χ2n) is 9.77. The number of aryl methyl sites for hydroxylation is 1. The number of pyridine rings is 1. The number of benzene rings is 2. The molecule has 1 unspecified atom stereocenters. The molecule has 2 aliphatic heterocycles. The number of hydrogen-bond acceptors (Lipinski definition) is 7. The highest BCUT2D eigenvalue weighted by Crippen LogP contribution is 2.31. The van der Waals surface area contributed by atoms with Crippen LogP contribution in [0.15, 0.2) is 66.7 Å². The Bertz CT molecular complexity index is 1320. The van der Waals surface area contributed by atoms with Crippen molar-refractivity contribution in [1.29, 1.82) is 0 Å². The number of nitrogens with zero attached hydrogens (tertiary/aromatic N) is 2. The minimum atomic E-state index is -0.761. The van der Waals surface area contributed by atoms with E-state index in [1.165, 1.54) is 7.05 Å². The molecule has 8 heteroatoms. The van der Waals surface area contributed by atoms with Crippen molar-refractivity contribution >= 4 is 28.2 Å². The molecule has 4 atom stereocenters. The molecule has 5 rings (SSSR count). The normalized spacial score (nSPS) is 23.8. The van der Waals surface area contributed by atoms with Crippen LogP contribution in [0.25, 0.3) is 16.5 Å². The van der Waals surface area contributed by atoms with Gasteiger partial charge in [-0.2, -0.15) is 0 Å². The summed E-state index contributed by atoms with van der Waals surface area (Å²) < 4.78 is 6.37. The molecule has 0 spiro atoms. The molecule has 0 bridgehead atoms. The van der Waals surface area contributed by atoms with E-state index in [0.29, 0.717) is 36.7 Å². The fraction of sp³-hybridized carbons (Fsp3) is 0.345. The highest BCUT2D eigenvalue weighted by Gasteiger charge is 2.43. The number of carbonyl (C=O) groups excluding carboxylic acids is 2. The van der Waals surface area contributed by atoms with Crippen molar-refractivity contribution in [2.75, 3.05) is 20.1 Å². The van der Waals surface area contributed by atoms with Crippen LogP contribution in [-0.2, 0) is 9.59 Å². The van der Waals surface area contributed by atoms with Gasteiger partial charge in [0.1, 0.15) is 11.9 Å². The molecule has 3 heterocycles. The number of hydrogen-bond donors (Lipinski definition) is 3. The minimum absolute atomic E-state index is 0.0783. The molecular weight excluding hydrogens is 468 g/mol. The molecule has 3 aromatic rings. The van der Waals surface area contributed by atoms with Gasteiger partial charge in [0.2, 0.25) is 0 Å². The van der Waals surface area contributed by atoms with E-state index in [4.69, 9.17) is 4.74 Å². The minimum Gasteiger partial charge on any atom is -0.488 e. The van der Waals surface area contributed by atoms with Crippen molar-refractivity contribution in [3.63, 3.8) is 0 Å². The first kappa shape index (κ1) is 25.1. The predicted molar refractivity (Wildman–Crippen MR) is 141 cm³/mol. The molecule has 2 aromatic carbocycles. The summed E-state index contributed by atoms with van der Waals surface area (Å²) >= 11 is 0. The maximum Gasteiger partial charge on any atom is 0.250 e. The third-order valence-electron chi connectivity index (χ3n) is 7.15. The van der Waals surface area contributed by atoms with E-state index in [1.54, 1.807) is 0 Å². The van der Waals surface area contributed by atoms with Gasteiger partial charge >= 0.3 is 0 Å². The summed E-state index contributed by atoms with van der Waals surface area (Å²) in [7, 11) is 1.29. The van der Waals surface area contributed by atoms with E-state index in [2.05, 4.69) is 21.7 Å². The monoisotopic (exact) mass is 500 g/mol. The summed E-state index contributed by atoms with van der Waals surface area (Å²) in [5.41, 5.74) is 3.87. The first-order chi connectivity index (χ1) is 17.9. The fourth-order valence-corrected chi connectivity index (χ4v) is 5.33. The SMILES string of the molecule is Cc1cc(O[C@@H]2CN[C@H](C(=O)C3CC(c4ccccc4)=CCN3)[C@@H](C(=O)N(C)O)C2)c2ccccc2n1. The van der Waals surface area contributed by atoms with E-state index < -0.39 is 23.9 Å². The number of nitrogens with one attached hydrogen (secondary N) is 2. The Morgan fingerprint density at radius 3 is 2.62 bits per heavy atom. The molecule has 37 heavy (non-hydrogen) atoms. The third kappa shape index (κ3) is 5.41. The smallest absolute Gasteiger partial charge is 0.250 e. The average Bonchev–Trinajstić information content (AvgIpc) is 2.92. The number of para-hydroxylation sites is 1. The number of Topliss-reactive ketones (excluding diaryl/α,β-unsaturated/α-hetero) is 1. The van der Waals surface area contributed by atoms with E-state index in [1.807, 2.05) is 67.6 Å². The standard InChI is InChI=1S/C29H32N4O4/c1-18-14-26(22-10-6-7-11-24(22)32-18)37-21-16-23(29(35)33(2)36)27(31-17-21)28(34)25-15-20(12-13-30-25)19-8-4-3-5-9-19/h3-12,14,21,23,25,27,30-31,36H,13,15-17H2,1-2H3/t21-,23-,25?,27-/m0/s1. The lowest BCUT2D eigenvalue weighted by Gasteiger charge is -2.38. The largest absolute Gasteiger partial charge is 0.488 e. The summed E-state index contributed by atoms with van der Waals surface area (Å²) in [6.07, 6.45) is 2.58. The maximum atomic E-state index is 13.7. The second kappa shape index (κ2) is 10.8. The molecule has 2 aliphatic rings. The first-order valence-electron chi connectivity index (χ1n) is 12.6.